The van der Waals surface area contributed by atoms with Gasteiger partial charge in [-0.2, -0.15) is 5.26 Å². The van der Waals surface area contributed by atoms with Crippen molar-refractivity contribution in [3.8, 4) is 23.3 Å². The molecule has 0 atom stereocenters. The van der Waals surface area contributed by atoms with Gasteiger partial charge >= 0.3 is 0 Å². The number of anilines is 1. The molecule has 3 aromatic rings. The molecule has 33 heavy (non-hydrogen) atoms. The van der Waals surface area contributed by atoms with Gasteiger partial charge in [0.25, 0.3) is 11.6 Å². The second-order valence-electron chi connectivity index (χ2n) is 6.80. The molecule has 0 fully saturated rings. The molecule has 166 valence electrons. The number of methoxy groups -OCH3 is 1. The fourth-order valence-electron chi connectivity index (χ4n) is 2.87. The fourth-order valence-corrected chi connectivity index (χ4v) is 2.87. The number of phenols is 1. The number of aromatic hydroxyl groups is 1. The lowest BCUT2D eigenvalue weighted by Gasteiger charge is -2.12. The second kappa shape index (κ2) is 10.5. The van der Waals surface area contributed by atoms with Crippen molar-refractivity contribution in [2.24, 2.45) is 0 Å². The van der Waals surface area contributed by atoms with Crippen molar-refractivity contribution >= 4 is 23.4 Å². The summed E-state index contributed by atoms with van der Waals surface area (Å²) in [6, 6.07) is 18.7. The highest BCUT2D eigenvalue weighted by Gasteiger charge is 2.12. The number of phenolic OH excluding ortho intramolecular Hbond substituents is 1. The highest BCUT2D eigenvalue weighted by atomic mass is 16.6. The maximum Gasteiger partial charge on any atom is 0.269 e. The summed E-state index contributed by atoms with van der Waals surface area (Å²) in [5, 5.41) is 32.2. The number of nitrogens with one attached hydrogen (secondary N) is 1. The molecule has 3 rings (SSSR count). The van der Waals surface area contributed by atoms with Crippen LogP contribution in [0.2, 0.25) is 0 Å². The molecule has 0 aliphatic carbocycles. The van der Waals surface area contributed by atoms with Crippen molar-refractivity contribution < 1.29 is 24.3 Å². The predicted molar refractivity (Wildman–Crippen MR) is 121 cm³/mol. The van der Waals surface area contributed by atoms with E-state index in [1.807, 2.05) is 6.07 Å². The molecule has 3 aromatic carbocycles. The van der Waals surface area contributed by atoms with Crippen LogP contribution in [0, 0.1) is 21.4 Å². The maximum atomic E-state index is 12.4. The van der Waals surface area contributed by atoms with Crippen molar-refractivity contribution in [1.82, 2.24) is 0 Å². The Balaban J connectivity index is 1.74. The third kappa shape index (κ3) is 6.08. The Morgan fingerprint density at radius 2 is 1.91 bits per heavy atom. The largest absolute Gasteiger partial charge is 0.508 e. The average molecular weight is 445 g/mol. The number of non-ortho nitro benzene ring substituents is 1. The second-order valence-corrected chi connectivity index (χ2v) is 6.80. The lowest BCUT2D eigenvalue weighted by atomic mass is 10.1. The van der Waals surface area contributed by atoms with E-state index >= 15 is 0 Å². The summed E-state index contributed by atoms with van der Waals surface area (Å²) in [4.78, 5) is 22.9. The summed E-state index contributed by atoms with van der Waals surface area (Å²) in [6.45, 7) is 0.0890. The van der Waals surface area contributed by atoms with Gasteiger partial charge in [0.1, 0.15) is 24.0 Å². The maximum absolute atomic E-state index is 12.4. The molecule has 9 nitrogen and oxygen atoms in total. The number of amides is 1. The number of carbonyl (C=O) groups excluding carboxylic acids is 1. The number of rotatable bonds is 8. The molecule has 1 amide bonds. The molecule has 0 aliphatic rings. The van der Waals surface area contributed by atoms with Gasteiger partial charge in [-0.05, 0) is 53.6 Å². The first kappa shape index (κ1) is 22.8. The van der Waals surface area contributed by atoms with Crippen molar-refractivity contribution in [3.63, 3.8) is 0 Å². The van der Waals surface area contributed by atoms with E-state index in [0.717, 1.165) is 0 Å². The standard InChI is InChI=1S/C24H19N3O6/c1-32-23-13-16(11-18(14-25)24(29)26-19-6-8-21(28)9-7-19)5-10-22(23)33-15-17-3-2-4-20(12-17)27(30)31/h2-13,28H,15H2,1H3,(H,26,29)/b18-11+. The number of nitro groups is 1. The number of carbonyl (C=O) groups is 1. The van der Waals surface area contributed by atoms with Crippen molar-refractivity contribution in [2.75, 3.05) is 12.4 Å². The molecule has 0 radical (unpaired) electrons. The molecular formula is C24H19N3O6. The Labute approximate surface area is 189 Å². The van der Waals surface area contributed by atoms with Gasteiger partial charge in [-0.15, -0.1) is 0 Å². The van der Waals surface area contributed by atoms with Crippen molar-refractivity contribution in [1.29, 1.82) is 5.26 Å². The van der Waals surface area contributed by atoms with Gasteiger partial charge < -0.3 is 19.9 Å². The molecule has 0 heterocycles. The minimum Gasteiger partial charge on any atom is -0.508 e. The molecule has 0 spiro atoms. The molecule has 0 bridgehead atoms. The number of nitrogens with zero attached hydrogens (tertiary/aromatic N) is 2. The zero-order valence-electron chi connectivity index (χ0n) is 17.5. The summed E-state index contributed by atoms with van der Waals surface area (Å²) in [5.41, 5.74) is 1.43. The van der Waals surface area contributed by atoms with Gasteiger partial charge in [-0.1, -0.05) is 18.2 Å². The molecule has 0 saturated heterocycles. The summed E-state index contributed by atoms with van der Waals surface area (Å²) in [6.07, 6.45) is 1.41. The zero-order valence-corrected chi connectivity index (χ0v) is 17.5. The minimum absolute atomic E-state index is 0.0295. The fraction of sp³-hybridized carbons (Fsp3) is 0.0833. The highest BCUT2D eigenvalue weighted by Crippen LogP contribution is 2.30. The molecule has 9 heteroatoms. The van der Waals surface area contributed by atoms with E-state index in [9.17, 15) is 25.3 Å². The van der Waals surface area contributed by atoms with Crippen LogP contribution in [0.25, 0.3) is 6.08 Å². The Hall–Kier alpha value is -4.84. The Morgan fingerprint density at radius 1 is 1.15 bits per heavy atom. The molecule has 0 aromatic heterocycles. The predicted octanol–water partition coefficient (Wildman–Crippen LogP) is 4.43. The van der Waals surface area contributed by atoms with E-state index in [2.05, 4.69) is 5.32 Å². The van der Waals surface area contributed by atoms with Crippen LogP contribution >= 0.6 is 0 Å². The van der Waals surface area contributed by atoms with Gasteiger partial charge in [0, 0.05) is 17.8 Å². The highest BCUT2D eigenvalue weighted by molar-refractivity contribution is 6.09. The van der Waals surface area contributed by atoms with Crippen LogP contribution in [0.5, 0.6) is 17.2 Å². The number of benzene rings is 3. The normalized spacial score (nSPS) is 10.7. The van der Waals surface area contributed by atoms with Gasteiger partial charge in [-0.25, -0.2) is 0 Å². The van der Waals surface area contributed by atoms with Crippen LogP contribution in [0.4, 0.5) is 11.4 Å². The van der Waals surface area contributed by atoms with Crippen LogP contribution in [0.3, 0.4) is 0 Å². The quantitative estimate of drug-likeness (QED) is 0.172. The summed E-state index contributed by atoms with van der Waals surface area (Å²) in [7, 11) is 1.45. The van der Waals surface area contributed by atoms with Crippen LogP contribution in [-0.2, 0) is 11.4 Å². The summed E-state index contributed by atoms with van der Waals surface area (Å²) < 4.78 is 11.1. The van der Waals surface area contributed by atoms with Crippen molar-refractivity contribution in [3.05, 3.63) is 93.5 Å². The van der Waals surface area contributed by atoms with E-state index in [-0.39, 0.29) is 23.6 Å². The Bertz CT molecular complexity index is 1250. The Kier molecular flexibility index (Phi) is 7.24. The van der Waals surface area contributed by atoms with E-state index in [1.54, 1.807) is 30.3 Å². The van der Waals surface area contributed by atoms with E-state index in [1.165, 1.54) is 49.6 Å². The van der Waals surface area contributed by atoms with Crippen LogP contribution in [-0.4, -0.2) is 23.0 Å². The molecular weight excluding hydrogens is 426 g/mol. The molecule has 2 N–H and O–H groups in total. The number of hydrogen-bond acceptors (Lipinski definition) is 7. The first-order valence-electron chi connectivity index (χ1n) is 9.66. The van der Waals surface area contributed by atoms with E-state index < -0.39 is 10.8 Å². The number of ether oxygens (including phenoxy) is 2. The van der Waals surface area contributed by atoms with E-state index in [0.29, 0.717) is 28.3 Å². The lowest BCUT2D eigenvalue weighted by Crippen LogP contribution is -2.13. The smallest absolute Gasteiger partial charge is 0.269 e. The third-order valence-corrected chi connectivity index (χ3v) is 4.50. The van der Waals surface area contributed by atoms with Crippen LogP contribution < -0.4 is 14.8 Å². The first-order chi connectivity index (χ1) is 15.9. The van der Waals surface area contributed by atoms with Gasteiger partial charge in [-0.3, -0.25) is 14.9 Å². The van der Waals surface area contributed by atoms with Gasteiger partial charge in [0.05, 0.1) is 12.0 Å². The van der Waals surface area contributed by atoms with Crippen LogP contribution in [0.1, 0.15) is 11.1 Å². The monoisotopic (exact) mass is 445 g/mol. The SMILES string of the molecule is COc1cc(/C=C(\C#N)C(=O)Nc2ccc(O)cc2)ccc1OCc1cccc([N+](=O)[O-])c1. The lowest BCUT2D eigenvalue weighted by molar-refractivity contribution is -0.384. The Morgan fingerprint density at radius 3 is 2.58 bits per heavy atom. The number of nitriles is 1. The number of nitro benzene ring substituents is 1. The van der Waals surface area contributed by atoms with Gasteiger partial charge in [0.2, 0.25) is 0 Å². The average Bonchev–Trinajstić information content (AvgIpc) is 2.83. The molecule has 0 saturated carbocycles. The molecule has 0 aliphatic heterocycles. The minimum atomic E-state index is -0.604. The number of hydrogen-bond donors (Lipinski definition) is 2. The first-order valence-corrected chi connectivity index (χ1v) is 9.66. The van der Waals surface area contributed by atoms with Gasteiger partial charge in [0.15, 0.2) is 11.5 Å². The topological polar surface area (TPSA) is 135 Å². The molecule has 0 unspecified atom stereocenters. The van der Waals surface area contributed by atoms with Crippen LogP contribution in [0.15, 0.2) is 72.3 Å². The van der Waals surface area contributed by atoms with Crippen molar-refractivity contribution in [2.45, 2.75) is 6.61 Å². The van der Waals surface area contributed by atoms with E-state index in [4.69, 9.17) is 9.47 Å². The zero-order chi connectivity index (χ0) is 23.8. The summed E-state index contributed by atoms with van der Waals surface area (Å²) in [5.74, 6) is 0.218. The third-order valence-electron chi connectivity index (χ3n) is 4.50. The summed E-state index contributed by atoms with van der Waals surface area (Å²) >= 11 is 0.